The van der Waals surface area contributed by atoms with Gasteiger partial charge in [-0.3, -0.25) is 4.90 Å². The molecule has 1 aliphatic heterocycles. The minimum Gasteiger partial charge on any atom is -0.385 e. The average molecular weight is 199 g/mol. The number of methoxy groups -OCH3 is 1. The molecule has 1 fully saturated rings. The average Bonchev–Trinajstić information content (AvgIpc) is 2.26. The first-order valence-corrected chi connectivity index (χ1v) is 5.46. The van der Waals surface area contributed by atoms with Crippen LogP contribution in [0, 0.1) is 5.92 Å². The van der Waals surface area contributed by atoms with Gasteiger partial charge in [0.05, 0.1) is 0 Å². The van der Waals surface area contributed by atoms with Gasteiger partial charge in [-0.1, -0.05) is 0 Å². The summed E-state index contributed by atoms with van der Waals surface area (Å²) in [7, 11) is 1.73. The van der Waals surface area contributed by atoms with E-state index in [4.69, 9.17) is 4.74 Å². The quantitative estimate of drug-likeness (QED) is 0.625. The van der Waals surface area contributed by atoms with Crippen molar-refractivity contribution in [3.63, 3.8) is 0 Å². The molecule has 2 atom stereocenters. The Kier molecular flexibility index (Phi) is 5.12. The molecule has 0 bridgehead atoms. The lowest BCUT2D eigenvalue weighted by Gasteiger charge is -2.34. The van der Waals surface area contributed by atoms with E-state index in [0.29, 0.717) is 6.04 Å². The van der Waals surface area contributed by atoms with Crippen molar-refractivity contribution in [1.29, 1.82) is 0 Å². The second-order valence-electron chi connectivity index (χ2n) is 4.16. The molecule has 14 heavy (non-hydrogen) atoms. The van der Waals surface area contributed by atoms with Gasteiger partial charge in [0.1, 0.15) is 6.29 Å². The molecule has 1 heterocycles. The molecule has 0 radical (unpaired) electrons. The minimum absolute atomic E-state index is 0.258. The Hall–Kier alpha value is -0.410. The lowest BCUT2D eigenvalue weighted by atomic mass is 9.98. The second kappa shape index (κ2) is 6.14. The fourth-order valence-corrected chi connectivity index (χ4v) is 2.02. The fourth-order valence-electron chi connectivity index (χ4n) is 2.02. The maximum absolute atomic E-state index is 10.7. The molecule has 0 aromatic carbocycles. The third-order valence-electron chi connectivity index (χ3n) is 3.04. The Morgan fingerprint density at radius 2 is 2.43 bits per heavy atom. The number of likely N-dealkylation sites (tertiary alicyclic amines) is 1. The first kappa shape index (κ1) is 11.7. The van der Waals surface area contributed by atoms with Crippen LogP contribution in [-0.4, -0.2) is 44.0 Å². The lowest BCUT2D eigenvalue weighted by molar-refractivity contribution is -0.112. The Bertz CT molecular complexity index is 173. The summed E-state index contributed by atoms with van der Waals surface area (Å²) in [6.07, 6.45) is 4.38. The van der Waals surface area contributed by atoms with E-state index in [0.717, 1.165) is 45.2 Å². The summed E-state index contributed by atoms with van der Waals surface area (Å²) in [5.41, 5.74) is 0. The van der Waals surface area contributed by atoms with E-state index in [1.165, 1.54) is 0 Å². The molecule has 0 N–H and O–H groups in total. The summed E-state index contributed by atoms with van der Waals surface area (Å²) in [5, 5.41) is 0. The molecule has 82 valence electrons. The van der Waals surface area contributed by atoms with E-state index >= 15 is 0 Å². The molecule has 0 spiro atoms. The molecule has 0 saturated carbocycles. The zero-order valence-corrected chi connectivity index (χ0v) is 9.24. The van der Waals surface area contributed by atoms with Crippen LogP contribution in [0.4, 0.5) is 0 Å². The molecule has 1 aliphatic rings. The summed E-state index contributed by atoms with van der Waals surface area (Å²) in [4.78, 5) is 13.1. The zero-order valence-electron chi connectivity index (χ0n) is 9.24. The summed E-state index contributed by atoms with van der Waals surface area (Å²) in [6.45, 7) is 5.10. The van der Waals surface area contributed by atoms with Crippen LogP contribution >= 0.6 is 0 Å². The second-order valence-corrected chi connectivity index (χ2v) is 4.16. The van der Waals surface area contributed by atoms with Gasteiger partial charge in [0.2, 0.25) is 0 Å². The highest BCUT2D eigenvalue weighted by Crippen LogP contribution is 2.17. The van der Waals surface area contributed by atoms with Crippen molar-refractivity contribution in [3.8, 4) is 0 Å². The van der Waals surface area contributed by atoms with E-state index in [9.17, 15) is 4.79 Å². The highest BCUT2D eigenvalue weighted by Gasteiger charge is 2.22. The number of carbonyl (C=O) groups is 1. The van der Waals surface area contributed by atoms with Crippen molar-refractivity contribution < 1.29 is 9.53 Å². The molecule has 2 unspecified atom stereocenters. The molecule has 0 aromatic rings. The standard InChI is InChI=1S/C11H21NO2/c1-10(5-7-14-2)12-6-3-4-11(8-12)9-13/h9-11H,3-8H2,1-2H3. The van der Waals surface area contributed by atoms with Crippen molar-refractivity contribution in [3.05, 3.63) is 0 Å². The number of carbonyl (C=O) groups excluding carboxylic acids is 1. The first-order chi connectivity index (χ1) is 6.77. The fraction of sp³-hybridized carbons (Fsp3) is 0.909. The van der Waals surface area contributed by atoms with Crippen molar-refractivity contribution in [2.45, 2.75) is 32.2 Å². The summed E-state index contributed by atoms with van der Waals surface area (Å²) >= 11 is 0. The smallest absolute Gasteiger partial charge is 0.124 e. The predicted molar refractivity (Wildman–Crippen MR) is 56.3 cm³/mol. The predicted octanol–water partition coefficient (Wildman–Crippen LogP) is 1.32. The third-order valence-corrected chi connectivity index (χ3v) is 3.04. The summed E-state index contributed by atoms with van der Waals surface area (Å²) in [5.74, 6) is 0.258. The van der Waals surface area contributed by atoms with E-state index in [1.54, 1.807) is 7.11 Å². The highest BCUT2D eigenvalue weighted by atomic mass is 16.5. The molecule has 3 nitrogen and oxygen atoms in total. The van der Waals surface area contributed by atoms with Crippen LogP contribution in [0.15, 0.2) is 0 Å². The van der Waals surface area contributed by atoms with E-state index < -0.39 is 0 Å². The van der Waals surface area contributed by atoms with Gasteiger partial charge in [-0.05, 0) is 32.7 Å². The lowest BCUT2D eigenvalue weighted by Crippen LogP contribution is -2.42. The molecule has 0 aromatic heterocycles. The van der Waals surface area contributed by atoms with Crippen molar-refractivity contribution in [1.82, 2.24) is 4.90 Å². The number of hydrogen-bond acceptors (Lipinski definition) is 3. The molecule has 1 saturated heterocycles. The number of nitrogens with zero attached hydrogens (tertiary/aromatic N) is 1. The topological polar surface area (TPSA) is 29.5 Å². The maximum Gasteiger partial charge on any atom is 0.124 e. The molecule has 1 rings (SSSR count). The van der Waals surface area contributed by atoms with Crippen molar-refractivity contribution in [2.75, 3.05) is 26.8 Å². The number of hydrogen-bond donors (Lipinski definition) is 0. The van der Waals surface area contributed by atoms with Crippen LogP contribution in [0.3, 0.4) is 0 Å². The van der Waals surface area contributed by atoms with Gasteiger partial charge >= 0.3 is 0 Å². The number of piperidine rings is 1. The normalized spacial score (nSPS) is 26.0. The molecular weight excluding hydrogens is 178 g/mol. The number of ether oxygens (including phenoxy) is 1. The van der Waals surface area contributed by atoms with Gasteiger partial charge in [0.25, 0.3) is 0 Å². The highest BCUT2D eigenvalue weighted by molar-refractivity contribution is 5.53. The Balaban J connectivity index is 2.31. The van der Waals surface area contributed by atoms with E-state index in [2.05, 4.69) is 11.8 Å². The number of rotatable bonds is 5. The SMILES string of the molecule is COCCC(C)N1CCCC(C=O)C1. The molecule has 3 heteroatoms. The van der Waals surface area contributed by atoms with Crippen molar-refractivity contribution >= 4 is 6.29 Å². The van der Waals surface area contributed by atoms with Crippen LogP contribution in [-0.2, 0) is 9.53 Å². The van der Waals surface area contributed by atoms with Gasteiger partial charge in [0.15, 0.2) is 0 Å². The number of aldehydes is 1. The Morgan fingerprint density at radius 3 is 3.07 bits per heavy atom. The van der Waals surface area contributed by atoms with Crippen LogP contribution in [0.5, 0.6) is 0 Å². The van der Waals surface area contributed by atoms with E-state index in [-0.39, 0.29) is 5.92 Å². The van der Waals surface area contributed by atoms with E-state index in [1.807, 2.05) is 0 Å². The molecular formula is C11H21NO2. The molecule has 0 amide bonds. The van der Waals surface area contributed by atoms with Gasteiger partial charge in [-0.2, -0.15) is 0 Å². The summed E-state index contributed by atoms with van der Waals surface area (Å²) < 4.78 is 5.06. The first-order valence-electron chi connectivity index (χ1n) is 5.46. The van der Waals surface area contributed by atoms with Crippen LogP contribution in [0.1, 0.15) is 26.2 Å². The van der Waals surface area contributed by atoms with Gasteiger partial charge in [0, 0.05) is 32.2 Å². The maximum atomic E-state index is 10.7. The van der Waals surface area contributed by atoms with Gasteiger partial charge < -0.3 is 9.53 Å². The molecule has 0 aliphatic carbocycles. The van der Waals surface area contributed by atoms with Crippen LogP contribution in [0.25, 0.3) is 0 Å². The Labute approximate surface area is 86.4 Å². The van der Waals surface area contributed by atoms with Crippen LogP contribution < -0.4 is 0 Å². The Morgan fingerprint density at radius 1 is 1.64 bits per heavy atom. The zero-order chi connectivity index (χ0) is 10.4. The summed E-state index contributed by atoms with van der Waals surface area (Å²) in [6, 6.07) is 0.540. The van der Waals surface area contributed by atoms with Crippen LogP contribution in [0.2, 0.25) is 0 Å². The van der Waals surface area contributed by atoms with Gasteiger partial charge in [-0.15, -0.1) is 0 Å². The van der Waals surface area contributed by atoms with Gasteiger partial charge in [-0.25, -0.2) is 0 Å². The third kappa shape index (κ3) is 3.39. The largest absolute Gasteiger partial charge is 0.385 e. The monoisotopic (exact) mass is 199 g/mol. The minimum atomic E-state index is 0.258. The van der Waals surface area contributed by atoms with Crippen molar-refractivity contribution in [2.24, 2.45) is 5.92 Å².